The molecular formula is C17H27NO. The van der Waals surface area contributed by atoms with Crippen LogP contribution in [0.5, 0.6) is 0 Å². The van der Waals surface area contributed by atoms with Gasteiger partial charge in [-0.3, -0.25) is 0 Å². The van der Waals surface area contributed by atoms with Crippen LogP contribution in [0.4, 0.5) is 0 Å². The molecule has 106 valence electrons. The summed E-state index contributed by atoms with van der Waals surface area (Å²) in [6.07, 6.45) is 4.66. The van der Waals surface area contributed by atoms with Gasteiger partial charge in [0.1, 0.15) is 0 Å². The minimum atomic E-state index is 0.495. The van der Waals surface area contributed by atoms with Gasteiger partial charge in [0.05, 0.1) is 0 Å². The molecule has 1 heterocycles. The monoisotopic (exact) mass is 261 g/mol. The highest BCUT2D eigenvalue weighted by molar-refractivity contribution is 5.25. The van der Waals surface area contributed by atoms with Crippen LogP contribution in [0.1, 0.15) is 50.3 Å². The first-order valence-corrected chi connectivity index (χ1v) is 7.75. The van der Waals surface area contributed by atoms with Crippen LogP contribution in [-0.4, -0.2) is 19.8 Å². The van der Waals surface area contributed by atoms with Crippen molar-refractivity contribution in [3.05, 3.63) is 35.4 Å². The first kappa shape index (κ1) is 14.5. The Labute approximate surface area is 117 Å². The molecule has 1 unspecified atom stereocenters. The van der Waals surface area contributed by atoms with Crippen LogP contribution in [0.3, 0.4) is 0 Å². The molecule has 2 rings (SSSR count). The maximum absolute atomic E-state index is 5.50. The highest BCUT2D eigenvalue weighted by Gasteiger charge is 2.24. The molecule has 0 aliphatic carbocycles. The number of hydrogen-bond acceptors (Lipinski definition) is 2. The molecule has 1 aliphatic heterocycles. The Morgan fingerprint density at radius 1 is 1.16 bits per heavy atom. The Kier molecular flexibility index (Phi) is 5.87. The molecule has 0 spiro atoms. The number of aryl methyl sites for hydroxylation is 1. The van der Waals surface area contributed by atoms with E-state index in [1.54, 1.807) is 0 Å². The van der Waals surface area contributed by atoms with E-state index < -0.39 is 0 Å². The van der Waals surface area contributed by atoms with Gasteiger partial charge < -0.3 is 10.1 Å². The third kappa shape index (κ3) is 4.05. The molecule has 0 aromatic heterocycles. The summed E-state index contributed by atoms with van der Waals surface area (Å²) < 4.78 is 5.50. The van der Waals surface area contributed by atoms with E-state index in [4.69, 9.17) is 4.74 Å². The Balaban J connectivity index is 2.10. The normalized spacial score (nSPS) is 18.4. The van der Waals surface area contributed by atoms with Crippen molar-refractivity contribution >= 4 is 0 Å². The van der Waals surface area contributed by atoms with E-state index in [0.29, 0.717) is 12.0 Å². The zero-order valence-corrected chi connectivity index (χ0v) is 12.3. The third-order valence-corrected chi connectivity index (χ3v) is 4.10. The predicted octanol–water partition coefficient (Wildman–Crippen LogP) is 3.72. The van der Waals surface area contributed by atoms with Gasteiger partial charge >= 0.3 is 0 Å². The van der Waals surface area contributed by atoms with Crippen molar-refractivity contribution in [2.45, 2.75) is 45.6 Å². The number of hydrogen-bond donors (Lipinski definition) is 1. The maximum atomic E-state index is 5.50. The summed E-state index contributed by atoms with van der Waals surface area (Å²) in [5, 5.41) is 3.74. The molecule has 0 radical (unpaired) electrons. The van der Waals surface area contributed by atoms with Crippen molar-refractivity contribution in [2.24, 2.45) is 5.92 Å². The van der Waals surface area contributed by atoms with Crippen molar-refractivity contribution < 1.29 is 4.74 Å². The summed E-state index contributed by atoms with van der Waals surface area (Å²) in [6, 6.07) is 9.66. The Hall–Kier alpha value is -0.860. The fourth-order valence-electron chi connectivity index (χ4n) is 2.87. The van der Waals surface area contributed by atoms with Crippen molar-refractivity contribution in [1.29, 1.82) is 0 Å². The molecule has 1 N–H and O–H groups in total. The highest BCUT2D eigenvalue weighted by Crippen LogP contribution is 2.30. The summed E-state index contributed by atoms with van der Waals surface area (Å²) in [6.45, 7) is 7.37. The van der Waals surface area contributed by atoms with Gasteiger partial charge in [-0.15, -0.1) is 0 Å². The average molecular weight is 261 g/mol. The van der Waals surface area contributed by atoms with Crippen molar-refractivity contribution in [1.82, 2.24) is 5.32 Å². The van der Waals surface area contributed by atoms with E-state index in [2.05, 4.69) is 43.4 Å². The molecule has 1 atom stereocenters. The van der Waals surface area contributed by atoms with Crippen LogP contribution in [0.25, 0.3) is 0 Å². The minimum Gasteiger partial charge on any atom is -0.381 e. The molecule has 2 heteroatoms. The smallest absolute Gasteiger partial charge is 0.0469 e. The zero-order chi connectivity index (χ0) is 13.5. The number of rotatable bonds is 6. The van der Waals surface area contributed by atoms with Gasteiger partial charge in [0, 0.05) is 19.3 Å². The van der Waals surface area contributed by atoms with Gasteiger partial charge in [0.2, 0.25) is 0 Å². The quantitative estimate of drug-likeness (QED) is 0.842. The lowest BCUT2D eigenvalue weighted by Crippen LogP contribution is -2.32. The molecule has 1 aromatic rings. The van der Waals surface area contributed by atoms with Crippen LogP contribution in [0, 0.1) is 5.92 Å². The summed E-state index contributed by atoms with van der Waals surface area (Å²) in [7, 11) is 0. The summed E-state index contributed by atoms with van der Waals surface area (Å²) in [4.78, 5) is 0. The zero-order valence-electron chi connectivity index (χ0n) is 12.3. The Bertz CT molecular complexity index is 354. The van der Waals surface area contributed by atoms with Crippen molar-refractivity contribution in [2.75, 3.05) is 19.8 Å². The van der Waals surface area contributed by atoms with Gasteiger partial charge in [0.15, 0.2) is 0 Å². The highest BCUT2D eigenvalue weighted by atomic mass is 16.5. The van der Waals surface area contributed by atoms with Crippen molar-refractivity contribution in [3.63, 3.8) is 0 Å². The van der Waals surface area contributed by atoms with Crippen LogP contribution < -0.4 is 5.32 Å². The van der Waals surface area contributed by atoms with E-state index in [1.807, 2.05) is 0 Å². The lowest BCUT2D eigenvalue weighted by Gasteiger charge is -2.31. The molecule has 2 nitrogen and oxygen atoms in total. The summed E-state index contributed by atoms with van der Waals surface area (Å²) in [5.41, 5.74) is 2.86. The largest absolute Gasteiger partial charge is 0.381 e. The Morgan fingerprint density at radius 3 is 2.42 bits per heavy atom. The van der Waals surface area contributed by atoms with Crippen molar-refractivity contribution in [3.8, 4) is 0 Å². The van der Waals surface area contributed by atoms with Crippen LogP contribution in [0.2, 0.25) is 0 Å². The lowest BCUT2D eigenvalue weighted by atomic mass is 9.86. The first-order valence-electron chi connectivity index (χ1n) is 7.75. The lowest BCUT2D eigenvalue weighted by molar-refractivity contribution is 0.0536. The molecule has 1 saturated heterocycles. The SMILES string of the molecule is CCCNC(c1ccc(CC)cc1)C1CCOCC1. The summed E-state index contributed by atoms with van der Waals surface area (Å²) in [5.74, 6) is 0.716. The molecule has 1 aliphatic rings. The number of nitrogens with one attached hydrogen (secondary N) is 1. The van der Waals surface area contributed by atoms with Crippen LogP contribution in [-0.2, 0) is 11.2 Å². The van der Waals surface area contributed by atoms with E-state index in [9.17, 15) is 0 Å². The minimum absolute atomic E-state index is 0.495. The predicted molar refractivity (Wildman–Crippen MR) is 80.4 cm³/mol. The molecular weight excluding hydrogens is 234 g/mol. The first-order chi connectivity index (χ1) is 9.35. The molecule has 0 saturated carbocycles. The second-order valence-corrected chi connectivity index (χ2v) is 5.48. The average Bonchev–Trinajstić information content (AvgIpc) is 2.49. The fourth-order valence-corrected chi connectivity index (χ4v) is 2.87. The van der Waals surface area contributed by atoms with Gasteiger partial charge in [-0.2, -0.15) is 0 Å². The topological polar surface area (TPSA) is 21.3 Å². The molecule has 0 bridgehead atoms. The molecule has 0 amide bonds. The maximum Gasteiger partial charge on any atom is 0.0469 e. The molecule has 19 heavy (non-hydrogen) atoms. The summed E-state index contributed by atoms with van der Waals surface area (Å²) >= 11 is 0. The number of benzene rings is 1. The van der Waals surface area contributed by atoms with Crippen LogP contribution in [0.15, 0.2) is 24.3 Å². The van der Waals surface area contributed by atoms with E-state index >= 15 is 0 Å². The molecule has 1 fully saturated rings. The van der Waals surface area contributed by atoms with Gasteiger partial charge in [0.25, 0.3) is 0 Å². The standard InChI is InChI=1S/C17H27NO/c1-3-11-18-17(16-9-12-19-13-10-16)15-7-5-14(4-2)6-8-15/h5-8,16-18H,3-4,9-13H2,1-2H3. The van der Waals surface area contributed by atoms with E-state index in [0.717, 1.165) is 26.2 Å². The van der Waals surface area contributed by atoms with Gasteiger partial charge in [-0.1, -0.05) is 38.1 Å². The Morgan fingerprint density at radius 2 is 1.84 bits per heavy atom. The van der Waals surface area contributed by atoms with E-state index in [-0.39, 0.29) is 0 Å². The van der Waals surface area contributed by atoms with Gasteiger partial charge in [-0.25, -0.2) is 0 Å². The van der Waals surface area contributed by atoms with Crippen LogP contribution >= 0.6 is 0 Å². The fraction of sp³-hybridized carbons (Fsp3) is 0.647. The number of ether oxygens (including phenoxy) is 1. The molecule has 1 aromatic carbocycles. The second-order valence-electron chi connectivity index (χ2n) is 5.48. The second kappa shape index (κ2) is 7.66. The third-order valence-electron chi connectivity index (χ3n) is 4.10. The van der Waals surface area contributed by atoms with Gasteiger partial charge in [-0.05, 0) is 49.3 Å². The van der Waals surface area contributed by atoms with E-state index in [1.165, 1.54) is 30.4 Å².